The molecule has 8 nitrogen and oxygen atoms in total. The molecule has 1 fully saturated rings. The lowest BCUT2D eigenvalue weighted by atomic mass is 10.1. The highest BCUT2D eigenvalue weighted by Crippen LogP contribution is 2.32. The second-order valence-corrected chi connectivity index (χ2v) is 9.29. The second-order valence-electron chi connectivity index (χ2n) is 7.06. The van der Waals surface area contributed by atoms with Crippen molar-refractivity contribution in [2.45, 2.75) is 19.4 Å². The van der Waals surface area contributed by atoms with Gasteiger partial charge >= 0.3 is 5.97 Å². The second kappa shape index (κ2) is 7.14. The van der Waals surface area contributed by atoms with E-state index in [0.29, 0.717) is 40.2 Å². The van der Waals surface area contributed by atoms with E-state index in [2.05, 4.69) is 5.10 Å². The number of rotatable bonds is 4. The Morgan fingerprint density at radius 1 is 1.21 bits per heavy atom. The number of hydrogen-bond donors (Lipinski definition) is 0. The summed E-state index contributed by atoms with van der Waals surface area (Å²) >= 11 is 0. The van der Waals surface area contributed by atoms with Crippen molar-refractivity contribution in [3.8, 4) is 17.0 Å². The third-order valence-electron chi connectivity index (χ3n) is 5.18. The van der Waals surface area contributed by atoms with E-state index in [1.54, 1.807) is 24.8 Å². The summed E-state index contributed by atoms with van der Waals surface area (Å²) in [4.78, 5) is 17.2. The zero-order chi connectivity index (χ0) is 20.8. The standard InChI is InChI=1S/C20H21N3O5S/c1-12-18-16(20(24)28-3)10-17(13-4-6-15(27-2)7-5-13)21-19(18)23(22-12)14-8-9-29(25,26)11-14/h4-7,10,14H,8-9,11H2,1-3H3. The first-order valence-electron chi connectivity index (χ1n) is 9.16. The SMILES string of the molecule is COC(=O)c1cc(-c2ccc(OC)cc2)nc2c1c(C)nn2C1CCS(=O)(=O)C1. The summed E-state index contributed by atoms with van der Waals surface area (Å²) in [5.74, 6) is 0.361. The number of ether oxygens (including phenoxy) is 2. The van der Waals surface area contributed by atoms with Gasteiger partial charge in [-0.2, -0.15) is 5.10 Å². The van der Waals surface area contributed by atoms with Crippen molar-refractivity contribution >= 4 is 26.8 Å². The van der Waals surface area contributed by atoms with Gasteiger partial charge in [-0.05, 0) is 43.7 Å². The summed E-state index contributed by atoms with van der Waals surface area (Å²) in [6.45, 7) is 1.78. The van der Waals surface area contributed by atoms with Gasteiger partial charge in [-0.1, -0.05) is 0 Å². The van der Waals surface area contributed by atoms with Crippen molar-refractivity contribution in [2.75, 3.05) is 25.7 Å². The molecule has 3 aromatic rings. The van der Waals surface area contributed by atoms with Crippen LogP contribution < -0.4 is 4.74 Å². The van der Waals surface area contributed by atoms with Gasteiger partial charge in [-0.25, -0.2) is 22.9 Å². The molecule has 4 rings (SSSR count). The van der Waals surface area contributed by atoms with Crippen LogP contribution in [0.5, 0.6) is 5.75 Å². The van der Waals surface area contributed by atoms with E-state index in [1.165, 1.54) is 7.11 Å². The average molecular weight is 415 g/mol. The third-order valence-corrected chi connectivity index (χ3v) is 6.93. The van der Waals surface area contributed by atoms with E-state index in [9.17, 15) is 13.2 Å². The number of aromatic nitrogens is 3. The fourth-order valence-corrected chi connectivity index (χ4v) is 5.41. The van der Waals surface area contributed by atoms with Gasteiger partial charge in [0.2, 0.25) is 0 Å². The van der Waals surface area contributed by atoms with Crippen LogP contribution >= 0.6 is 0 Å². The van der Waals surface area contributed by atoms with Gasteiger partial charge in [0.15, 0.2) is 15.5 Å². The molecular weight excluding hydrogens is 394 g/mol. The van der Waals surface area contributed by atoms with Crippen LogP contribution in [-0.2, 0) is 14.6 Å². The number of sulfone groups is 1. The summed E-state index contributed by atoms with van der Waals surface area (Å²) in [5.41, 5.74) is 2.81. The molecule has 0 amide bonds. The van der Waals surface area contributed by atoms with Gasteiger partial charge < -0.3 is 9.47 Å². The molecular formula is C20H21N3O5S. The van der Waals surface area contributed by atoms with Crippen molar-refractivity contribution in [1.82, 2.24) is 14.8 Å². The lowest BCUT2D eigenvalue weighted by molar-refractivity contribution is 0.0603. The molecule has 0 saturated carbocycles. The van der Waals surface area contributed by atoms with Gasteiger partial charge in [-0.15, -0.1) is 0 Å². The molecule has 1 aliphatic rings. The molecule has 1 aromatic carbocycles. The molecule has 0 bridgehead atoms. The van der Waals surface area contributed by atoms with Gasteiger partial charge in [0.1, 0.15) is 5.75 Å². The zero-order valence-corrected chi connectivity index (χ0v) is 17.2. The van der Waals surface area contributed by atoms with Crippen LogP contribution in [0.3, 0.4) is 0 Å². The molecule has 1 saturated heterocycles. The number of fused-ring (bicyclic) bond motifs is 1. The van der Waals surface area contributed by atoms with Gasteiger partial charge in [0.05, 0.1) is 54.1 Å². The number of esters is 1. The van der Waals surface area contributed by atoms with Crippen LogP contribution in [0.2, 0.25) is 0 Å². The molecule has 0 aliphatic carbocycles. The van der Waals surface area contributed by atoms with Crippen LogP contribution in [0, 0.1) is 6.92 Å². The maximum atomic E-state index is 12.5. The minimum absolute atomic E-state index is 0.0191. The first kappa shape index (κ1) is 19.4. The molecule has 3 heterocycles. The Kier molecular flexibility index (Phi) is 4.77. The highest BCUT2D eigenvalue weighted by atomic mass is 32.2. The number of pyridine rings is 1. The minimum atomic E-state index is -3.10. The summed E-state index contributed by atoms with van der Waals surface area (Å²) in [6, 6.07) is 8.69. The van der Waals surface area contributed by atoms with Crippen molar-refractivity contribution in [1.29, 1.82) is 0 Å². The minimum Gasteiger partial charge on any atom is -0.497 e. The quantitative estimate of drug-likeness (QED) is 0.604. The van der Waals surface area contributed by atoms with Crippen LogP contribution in [0.15, 0.2) is 30.3 Å². The number of methoxy groups -OCH3 is 2. The summed E-state index contributed by atoms with van der Waals surface area (Å²) in [6.07, 6.45) is 0.473. The Balaban J connectivity index is 1.93. The number of hydrogen-bond acceptors (Lipinski definition) is 7. The van der Waals surface area contributed by atoms with Gasteiger partial charge in [0, 0.05) is 5.56 Å². The molecule has 152 valence electrons. The highest BCUT2D eigenvalue weighted by molar-refractivity contribution is 7.91. The Labute approximate surface area is 168 Å². The average Bonchev–Trinajstić information content (AvgIpc) is 3.25. The molecule has 0 radical (unpaired) electrons. The highest BCUT2D eigenvalue weighted by Gasteiger charge is 2.32. The topological polar surface area (TPSA) is 100 Å². The molecule has 1 aliphatic heterocycles. The predicted molar refractivity (Wildman–Crippen MR) is 108 cm³/mol. The molecule has 0 N–H and O–H groups in total. The Hall–Kier alpha value is -2.94. The lowest BCUT2D eigenvalue weighted by Gasteiger charge is -2.12. The van der Waals surface area contributed by atoms with Gasteiger partial charge in [-0.3, -0.25) is 0 Å². The number of nitrogens with zero attached hydrogens (tertiary/aromatic N) is 3. The maximum absolute atomic E-state index is 12.5. The lowest BCUT2D eigenvalue weighted by Crippen LogP contribution is -2.13. The van der Waals surface area contributed by atoms with Crippen LogP contribution in [-0.4, -0.2) is 54.9 Å². The van der Waals surface area contributed by atoms with Crippen molar-refractivity contribution in [3.05, 3.63) is 41.6 Å². The maximum Gasteiger partial charge on any atom is 0.338 e. The summed E-state index contributed by atoms with van der Waals surface area (Å²) in [7, 11) is -0.185. The normalized spacial score (nSPS) is 18.1. The zero-order valence-electron chi connectivity index (χ0n) is 16.4. The van der Waals surface area contributed by atoms with Crippen molar-refractivity contribution in [3.63, 3.8) is 0 Å². The van der Waals surface area contributed by atoms with Gasteiger partial charge in [0.25, 0.3) is 0 Å². The van der Waals surface area contributed by atoms with E-state index in [-0.39, 0.29) is 17.5 Å². The van der Waals surface area contributed by atoms with Crippen LogP contribution in [0.25, 0.3) is 22.3 Å². The number of carbonyl (C=O) groups excluding carboxylic acids is 1. The van der Waals surface area contributed by atoms with E-state index >= 15 is 0 Å². The van der Waals surface area contributed by atoms with E-state index in [4.69, 9.17) is 14.5 Å². The number of benzene rings is 1. The smallest absolute Gasteiger partial charge is 0.338 e. The first-order valence-corrected chi connectivity index (χ1v) is 11.0. The summed E-state index contributed by atoms with van der Waals surface area (Å²) < 4.78 is 35.8. The molecule has 2 aromatic heterocycles. The molecule has 9 heteroatoms. The largest absolute Gasteiger partial charge is 0.497 e. The van der Waals surface area contributed by atoms with E-state index in [0.717, 1.165) is 5.56 Å². The fourth-order valence-electron chi connectivity index (χ4n) is 3.72. The number of aryl methyl sites for hydroxylation is 1. The van der Waals surface area contributed by atoms with Crippen molar-refractivity contribution in [2.24, 2.45) is 0 Å². The Bertz CT molecular complexity index is 1200. The van der Waals surface area contributed by atoms with E-state index in [1.807, 2.05) is 24.3 Å². The third kappa shape index (κ3) is 3.46. The molecule has 1 atom stereocenters. The molecule has 29 heavy (non-hydrogen) atoms. The van der Waals surface area contributed by atoms with Crippen LogP contribution in [0.1, 0.15) is 28.5 Å². The Morgan fingerprint density at radius 2 is 1.93 bits per heavy atom. The first-order chi connectivity index (χ1) is 13.8. The molecule has 0 spiro atoms. The van der Waals surface area contributed by atoms with Crippen molar-refractivity contribution < 1.29 is 22.7 Å². The molecule has 1 unspecified atom stereocenters. The number of carbonyl (C=O) groups is 1. The van der Waals surface area contributed by atoms with E-state index < -0.39 is 15.8 Å². The Morgan fingerprint density at radius 3 is 2.52 bits per heavy atom. The predicted octanol–water partition coefficient (Wildman–Crippen LogP) is 2.56. The summed E-state index contributed by atoms with van der Waals surface area (Å²) in [5, 5.41) is 5.12. The van der Waals surface area contributed by atoms with Crippen LogP contribution in [0.4, 0.5) is 0 Å². The monoisotopic (exact) mass is 415 g/mol. The fraction of sp³-hybridized carbons (Fsp3) is 0.350.